The van der Waals surface area contributed by atoms with E-state index < -0.39 is 12.0 Å². The summed E-state index contributed by atoms with van der Waals surface area (Å²) in [4.78, 5) is 24.5. The molecular weight excluding hydrogens is 300 g/mol. The zero-order valence-corrected chi connectivity index (χ0v) is 13.4. The average Bonchev–Trinajstić information content (AvgIpc) is 2.64. The third-order valence-electron chi connectivity index (χ3n) is 4.17. The van der Waals surface area contributed by atoms with Crippen molar-refractivity contribution in [3.63, 3.8) is 0 Å². The smallest absolute Gasteiger partial charge is 0.186 e. The molecule has 24 heavy (non-hydrogen) atoms. The van der Waals surface area contributed by atoms with Crippen LogP contribution in [0.15, 0.2) is 72.3 Å². The SMILES string of the molecule is CCOC1C(=O)C=C(c2ccccc2)C(=C=O)C1c1ccccc1. The summed E-state index contributed by atoms with van der Waals surface area (Å²) in [5, 5.41) is 0. The van der Waals surface area contributed by atoms with Crippen LogP contribution in [-0.4, -0.2) is 24.4 Å². The second kappa shape index (κ2) is 7.22. The summed E-state index contributed by atoms with van der Waals surface area (Å²) in [6.45, 7) is 2.25. The number of rotatable bonds is 4. The Morgan fingerprint density at radius 3 is 2.21 bits per heavy atom. The van der Waals surface area contributed by atoms with Gasteiger partial charge in [-0.2, -0.15) is 0 Å². The Bertz CT molecular complexity index is 799. The predicted octanol–water partition coefficient (Wildman–Crippen LogP) is 3.60. The molecule has 0 radical (unpaired) electrons. The molecule has 0 saturated carbocycles. The second-order valence-electron chi connectivity index (χ2n) is 5.61. The van der Waals surface area contributed by atoms with Gasteiger partial charge in [-0.25, -0.2) is 4.79 Å². The number of ether oxygens (including phenoxy) is 1. The largest absolute Gasteiger partial charge is 0.369 e. The Labute approximate surface area is 141 Å². The molecule has 0 bridgehead atoms. The Hall–Kier alpha value is -2.74. The van der Waals surface area contributed by atoms with Gasteiger partial charge in [0.1, 0.15) is 12.0 Å². The third kappa shape index (κ3) is 3.00. The van der Waals surface area contributed by atoms with Gasteiger partial charge in [0.25, 0.3) is 0 Å². The monoisotopic (exact) mass is 318 g/mol. The molecular formula is C21H18O3. The maximum atomic E-state index is 12.7. The molecule has 2 unspecified atom stereocenters. The van der Waals surface area contributed by atoms with Crippen molar-refractivity contribution in [1.82, 2.24) is 0 Å². The van der Waals surface area contributed by atoms with Crippen molar-refractivity contribution in [1.29, 1.82) is 0 Å². The highest BCUT2D eigenvalue weighted by atomic mass is 16.5. The van der Waals surface area contributed by atoms with Gasteiger partial charge in [-0.05, 0) is 24.1 Å². The van der Waals surface area contributed by atoms with Crippen LogP contribution in [0.5, 0.6) is 0 Å². The zero-order valence-electron chi connectivity index (χ0n) is 13.4. The summed E-state index contributed by atoms with van der Waals surface area (Å²) in [6, 6.07) is 19.0. The molecule has 0 aromatic heterocycles. The van der Waals surface area contributed by atoms with Crippen LogP contribution in [-0.2, 0) is 14.3 Å². The number of allylic oxidation sites excluding steroid dienone is 1. The van der Waals surface area contributed by atoms with Crippen LogP contribution in [0.25, 0.3) is 5.57 Å². The zero-order chi connectivity index (χ0) is 16.9. The van der Waals surface area contributed by atoms with E-state index >= 15 is 0 Å². The van der Waals surface area contributed by atoms with Crippen LogP contribution < -0.4 is 0 Å². The van der Waals surface area contributed by atoms with E-state index in [0.29, 0.717) is 17.8 Å². The summed E-state index contributed by atoms with van der Waals surface area (Å²) in [5.74, 6) is 1.51. The highest BCUT2D eigenvalue weighted by molar-refractivity contribution is 6.09. The van der Waals surface area contributed by atoms with Crippen molar-refractivity contribution in [2.24, 2.45) is 0 Å². The van der Waals surface area contributed by atoms with Gasteiger partial charge in [-0.15, -0.1) is 0 Å². The molecule has 3 rings (SSSR count). The molecule has 0 amide bonds. The van der Waals surface area contributed by atoms with Gasteiger partial charge in [0, 0.05) is 12.2 Å². The molecule has 0 spiro atoms. The van der Waals surface area contributed by atoms with Crippen LogP contribution in [0.2, 0.25) is 0 Å². The Morgan fingerprint density at radius 1 is 1.00 bits per heavy atom. The fraction of sp³-hybridized carbons (Fsp3) is 0.190. The number of benzene rings is 2. The molecule has 0 aliphatic heterocycles. The number of hydrogen-bond acceptors (Lipinski definition) is 3. The maximum absolute atomic E-state index is 12.7. The van der Waals surface area contributed by atoms with Crippen molar-refractivity contribution >= 4 is 17.3 Å². The minimum atomic E-state index is -0.693. The van der Waals surface area contributed by atoms with Crippen LogP contribution >= 0.6 is 0 Å². The summed E-state index contributed by atoms with van der Waals surface area (Å²) in [5.41, 5.74) is 2.80. The van der Waals surface area contributed by atoms with Gasteiger partial charge in [0.2, 0.25) is 0 Å². The first-order valence-corrected chi connectivity index (χ1v) is 7.99. The summed E-state index contributed by atoms with van der Waals surface area (Å²) < 4.78 is 5.68. The highest BCUT2D eigenvalue weighted by Gasteiger charge is 2.38. The Balaban J connectivity index is 2.16. The van der Waals surface area contributed by atoms with E-state index in [1.807, 2.05) is 67.6 Å². The maximum Gasteiger partial charge on any atom is 0.186 e. The van der Waals surface area contributed by atoms with Crippen molar-refractivity contribution in [2.45, 2.75) is 18.9 Å². The molecule has 2 aromatic carbocycles. The molecule has 0 N–H and O–H groups in total. The minimum absolute atomic E-state index is 0.122. The second-order valence-corrected chi connectivity index (χ2v) is 5.61. The lowest BCUT2D eigenvalue weighted by atomic mass is 9.75. The molecule has 3 heteroatoms. The van der Waals surface area contributed by atoms with E-state index in [4.69, 9.17) is 4.74 Å². The number of hydrogen-bond donors (Lipinski definition) is 0. The first-order valence-electron chi connectivity index (χ1n) is 7.99. The predicted molar refractivity (Wildman–Crippen MR) is 93.2 cm³/mol. The van der Waals surface area contributed by atoms with Crippen molar-refractivity contribution in [3.05, 3.63) is 83.4 Å². The van der Waals surface area contributed by atoms with Gasteiger partial charge >= 0.3 is 0 Å². The quantitative estimate of drug-likeness (QED) is 0.809. The average molecular weight is 318 g/mol. The first kappa shape index (κ1) is 16.1. The number of ketones is 1. The third-order valence-corrected chi connectivity index (χ3v) is 4.17. The van der Waals surface area contributed by atoms with Crippen LogP contribution in [0.4, 0.5) is 0 Å². The lowest BCUT2D eigenvalue weighted by Crippen LogP contribution is -2.35. The fourth-order valence-corrected chi connectivity index (χ4v) is 3.12. The van der Waals surface area contributed by atoms with Gasteiger partial charge < -0.3 is 4.74 Å². The lowest BCUT2D eigenvalue weighted by Gasteiger charge is -2.31. The molecule has 1 aliphatic carbocycles. The molecule has 1 aliphatic rings. The fourth-order valence-electron chi connectivity index (χ4n) is 3.12. The van der Waals surface area contributed by atoms with Crippen molar-refractivity contribution < 1.29 is 14.3 Å². The van der Waals surface area contributed by atoms with Gasteiger partial charge in [0.15, 0.2) is 5.78 Å². The summed E-state index contributed by atoms with van der Waals surface area (Å²) in [7, 11) is 0. The standard InChI is InChI=1S/C21H18O3/c1-2-24-21-19(23)13-17(15-9-5-3-6-10-15)18(14-22)20(21)16-11-7-4-8-12-16/h3-13,20-21H,2H2,1H3. The van der Waals surface area contributed by atoms with Gasteiger partial charge in [-0.1, -0.05) is 60.7 Å². The molecule has 0 saturated heterocycles. The Morgan fingerprint density at radius 2 is 1.62 bits per heavy atom. The van der Waals surface area contributed by atoms with Crippen LogP contribution in [0.1, 0.15) is 24.0 Å². The van der Waals surface area contributed by atoms with E-state index in [0.717, 1.165) is 11.1 Å². The normalized spacial score (nSPS) is 20.5. The topological polar surface area (TPSA) is 43.4 Å². The lowest BCUT2D eigenvalue weighted by molar-refractivity contribution is -0.126. The molecule has 120 valence electrons. The van der Waals surface area contributed by atoms with Gasteiger partial charge in [0.05, 0.1) is 11.5 Å². The van der Waals surface area contributed by atoms with Crippen LogP contribution in [0.3, 0.4) is 0 Å². The molecule has 2 aromatic rings. The molecule has 3 nitrogen and oxygen atoms in total. The van der Waals surface area contributed by atoms with E-state index in [9.17, 15) is 9.59 Å². The summed E-state index contributed by atoms with van der Waals surface area (Å²) >= 11 is 0. The highest BCUT2D eigenvalue weighted by Crippen LogP contribution is 2.40. The van der Waals surface area contributed by atoms with E-state index in [1.54, 1.807) is 0 Å². The molecule has 0 heterocycles. The van der Waals surface area contributed by atoms with Crippen molar-refractivity contribution in [2.75, 3.05) is 6.61 Å². The molecule has 0 fully saturated rings. The van der Waals surface area contributed by atoms with E-state index in [2.05, 4.69) is 5.94 Å². The number of carbonyl (C=O) groups excluding carboxylic acids is 2. The van der Waals surface area contributed by atoms with Crippen molar-refractivity contribution in [3.8, 4) is 0 Å². The minimum Gasteiger partial charge on any atom is -0.369 e. The Kier molecular flexibility index (Phi) is 4.85. The van der Waals surface area contributed by atoms with Crippen LogP contribution in [0, 0.1) is 0 Å². The van der Waals surface area contributed by atoms with Gasteiger partial charge in [-0.3, -0.25) is 4.79 Å². The molecule has 2 atom stereocenters. The number of carbonyl (C=O) groups is 1. The first-order chi connectivity index (χ1) is 11.8. The summed E-state index contributed by atoms with van der Waals surface area (Å²) in [6.07, 6.45) is 0.816. The van der Waals surface area contributed by atoms with E-state index in [1.165, 1.54) is 6.08 Å². The van der Waals surface area contributed by atoms with E-state index in [-0.39, 0.29) is 5.78 Å².